The van der Waals surface area contributed by atoms with Gasteiger partial charge in [-0.05, 0) is 13.1 Å². The number of benzene rings is 1. The van der Waals surface area contributed by atoms with E-state index in [-0.39, 0.29) is 0 Å². The quantitative estimate of drug-likeness (QED) is 0.725. The number of para-hydroxylation sites is 1. The fraction of sp³-hybridized carbons (Fsp3) is 0.231. The largest absolute Gasteiger partial charge is 0.341 e. The second-order valence-corrected chi connectivity index (χ2v) is 4.12. The SMILES string of the molecule is CNCc1ncnc2c3ccccc3n(C)c12. The summed E-state index contributed by atoms with van der Waals surface area (Å²) in [5.74, 6) is 0. The van der Waals surface area contributed by atoms with E-state index in [4.69, 9.17) is 0 Å². The van der Waals surface area contributed by atoms with E-state index in [1.54, 1.807) is 6.33 Å². The summed E-state index contributed by atoms with van der Waals surface area (Å²) in [6.45, 7) is 0.753. The van der Waals surface area contributed by atoms with Crippen LogP contribution in [0.2, 0.25) is 0 Å². The van der Waals surface area contributed by atoms with E-state index in [1.807, 2.05) is 19.2 Å². The molecule has 0 aliphatic carbocycles. The van der Waals surface area contributed by atoms with Crippen molar-refractivity contribution in [3.05, 3.63) is 36.3 Å². The van der Waals surface area contributed by atoms with Crippen LogP contribution in [0.25, 0.3) is 21.9 Å². The molecular weight excluding hydrogens is 212 g/mol. The maximum atomic E-state index is 4.41. The van der Waals surface area contributed by atoms with Crippen molar-refractivity contribution in [2.75, 3.05) is 7.05 Å². The number of aromatic nitrogens is 3. The molecule has 0 aliphatic rings. The zero-order valence-electron chi connectivity index (χ0n) is 9.94. The molecule has 3 aromatic rings. The van der Waals surface area contributed by atoms with E-state index in [9.17, 15) is 0 Å². The summed E-state index contributed by atoms with van der Waals surface area (Å²) in [5.41, 5.74) is 4.38. The molecule has 0 amide bonds. The Hall–Kier alpha value is -1.94. The fourth-order valence-electron chi connectivity index (χ4n) is 2.35. The van der Waals surface area contributed by atoms with Crippen LogP contribution in [0.3, 0.4) is 0 Å². The lowest BCUT2D eigenvalue weighted by Crippen LogP contribution is -2.08. The molecule has 3 rings (SSSR count). The van der Waals surface area contributed by atoms with Crippen LogP contribution in [-0.4, -0.2) is 21.6 Å². The average molecular weight is 226 g/mol. The first-order valence-electron chi connectivity index (χ1n) is 5.64. The van der Waals surface area contributed by atoms with E-state index >= 15 is 0 Å². The molecule has 0 unspecified atom stereocenters. The van der Waals surface area contributed by atoms with Crippen LogP contribution in [0.1, 0.15) is 5.69 Å². The van der Waals surface area contributed by atoms with E-state index in [0.717, 1.165) is 23.3 Å². The van der Waals surface area contributed by atoms with Crippen LogP contribution in [0.15, 0.2) is 30.6 Å². The van der Waals surface area contributed by atoms with Crippen LogP contribution in [0.4, 0.5) is 0 Å². The third-order valence-corrected chi connectivity index (χ3v) is 3.10. The van der Waals surface area contributed by atoms with Crippen molar-refractivity contribution in [3.8, 4) is 0 Å². The highest BCUT2D eigenvalue weighted by molar-refractivity contribution is 6.06. The third kappa shape index (κ3) is 1.41. The Kier molecular flexibility index (Phi) is 2.30. The van der Waals surface area contributed by atoms with Gasteiger partial charge in [0.05, 0.1) is 22.2 Å². The molecule has 0 spiro atoms. The Bertz CT molecular complexity index is 684. The lowest BCUT2D eigenvalue weighted by Gasteiger charge is -2.03. The fourth-order valence-corrected chi connectivity index (χ4v) is 2.35. The first kappa shape index (κ1) is 10.2. The molecule has 1 aromatic carbocycles. The van der Waals surface area contributed by atoms with Gasteiger partial charge in [-0.1, -0.05) is 18.2 Å². The smallest absolute Gasteiger partial charge is 0.116 e. The van der Waals surface area contributed by atoms with Crippen molar-refractivity contribution in [3.63, 3.8) is 0 Å². The van der Waals surface area contributed by atoms with Crippen LogP contribution in [-0.2, 0) is 13.6 Å². The molecule has 0 fully saturated rings. The molecule has 0 aliphatic heterocycles. The number of hydrogen-bond donors (Lipinski definition) is 1. The van der Waals surface area contributed by atoms with Gasteiger partial charge in [-0.15, -0.1) is 0 Å². The van der Waals surface area contributed by atoms with Crippen molar-refractivity contribution in [1.29, 1.82) is 0 Å². The molecule has 2 heterocycles. The Morgan fingerprint density at radius 2 is 2.06 bits per heavy atom. The lowest BCUT2D eigenvalue weighted by atomic mass is 10.2. The summed E-state index contributed by atoms with van der Waals surface area (Å²) in [6, 6.07) is 8.31. The van der Waals surface area contributed by atoms with Gasteiger partial charge in [0.2, 0.25) is 0 Å². The third-order valence-electron chi connectivity index (χ3n) is 3.10. The van der Waals surface area contributed by atoms with Gasteiger partial charge >= 0.3 is 0 Å². The minimum atomic E-state index is 0.753. The molecule has 0 saturated carbocycles. The van der Waals surface area contributed by atoms with Crippen LogP contribution in [0.5, 0.6) is 0 Å². The number of aryl methyl sites for hydroxylation is 1. The minimum absolute atomic E-state index is 0.753. The zero-order valence-corrected chi connectivity index (χ0v) is 9.94. The highest BCUT2D eigenvalue weighted by Crippen LogP contribution is 2.27. The molecule has 1 N–H and O–H groups in total. The topological polar surface area (TPSA) is 42.7 Å². The number of rotatable bonds is 2. The van der Waals surface area contributed by atoms with Crippen molar-refractivity contribution in [2.45, 2.75) is 6.54 Å². The van der Waals surface area contributed by atoms with E-state index in [2.05, 4.69) is 39.0 Å². The van der Waals surface area contributed by atoms with Gasteiger partial charge in [-0.2, -0.15) is 0 Å². The molecule has 0 saturated heterocycles. The first-order chi connectivity index (χ1) is 8.33. The predicted molar refractivity (Wildman–Crippen MR) is 68.8 cm³/mol. The summed E-state index contributed by atoms with van der Waals surface area (Å²) < 4.78 is 2.16. The maximum absolute atomic E-state index is 4.41. The predicted octanol–water partition coefficient (Wildman–Crippen LogP) is 1.84. The summed E-state index contributed by atoms with van der Waals surface area (Å²) in [4.78, 5) is 8.77. The Morgan fingerprint density at radius 1 is 1.24 bits per heavy atom. The Balaban J connectivity index is 2.48. The molecular formula is C13H14N4. The normalized spacial score (nSPS) is 11.4. The van der Waals surface area contributed by atoms with Gasteiger partial charge in [0.1, 0.15) is 6.33 Å². The number of nitrogens with zero attached hydrogens (tertiary/aromatic N) is 3. The molecule has 4 nitrogen and oxygen atoms in total. The lowest BCUT2D eigenvalue weighted by molar-refractivity contribution is 0.787. The van der Waals surface area contributed by atoms with Gasteiger partial charge in [-0.3, -0.25) is 0 Å². The number of nitrogens with one attached hydrogen (secondary N) is 1. The van der Waals surface area contributed by atoms with E-state index in [0.29, 0.717) is 0 Å². The molecule has 86 valence electrons. The molecule has 4 heteroatoms. The number of hydrogen-bond acceptors (Lipinski definition) is 3. The van der Waals surface area contributed by atoms with Crippen molar-refractivity contribution in [2.24, 2.45) is 7.05 Å². The molecule has 17 heavy (non-hydrogen) atoms. The average Bonchev–Trinajstić information content (AvgIpc) is 2.66. The van der Waals surface area contributed by atoms with Crippen LogP contribution in [0, 0.1) is 0 Å². The second kappa shape index (κ2) is 3.82. The van der Waals surface area contributed by atoms with E-state index in [1.165, 1.54) is 10.9 Å². The summed E-state index contributed by atoms with van der Waals surface area (Å²) >= 11 is 0. The monoisotopic (exact) mass is 226 g/mol. The van der Waals surface area contributed by atoms with Crippen molar-refractivity contribution >= 4 is 21.9 Å². The summed E-state index contributed by atoms with van der Waals surface area (Å²) in [7, 11) is 3.99. The second-order valence-electron chi connectivity index (χ2n) is 4.12. The Labute approximate surface area is 99.3 Å². The zero-order chi connectivity index (χ0) is 11.8. The van der Waals surface area contributed by atoms with Gasteiger partial charge < -0.3 is 9.88 Å². The van der Waals surface area contributed by atoms with Crippen molar-refractivity contribution in [1.82, 2.24) is 19.9 Å². The van der Waals surface area contributed by atoms with Gasteiger partial charge in [0.15, 0.2) is 0 Å². The summed E-state index contributed by atoms with van der Waals surface area (Å²) in [6.07, 6.45) is 1.64. The van der Waals surface area contributed by atoms with Gasteiger partial charge in [0.25, 0.3) is 0 Å². The van der Waals surface area contributed by atoms with Gasteiger partial charge in [-0.25, -0.2) is 9.97 Å². The summed E-state index contributed by atoms with van der Waals surface area (Å²) in [5, 5.41) is 4.33. The molecule has 0 bridgehead atoms. The highest BCUT2D eigenvalue weighted by atomic mass is 15.0. The standard InChI is InChI=1S/C13H14N4/c1-14-7-10-13-12(16-8-15-10)9-5-3-4-6-11(9)17(13)2/h3-6,8,14H,7H2,1-2H3. The van der Waals surface area contributed by atoms with Crippen LogP contribution < -0.4 is 5.32 Å². The maximum Gasteiger partial charge on any atom is 0.116 e. The minimum Gasteiger partial charge on any atom is -0.341 e. The van der Waals surface area contributed by atoms with Crippen molar-refractivity contribution < 1.29 is 0 Å². The van der Waals surface area contributed by atoms with Crippen LogP contribution >= 0.6 is 0 Å². The van der Waals surface area contributed by atoms with E-state index < -0.39 is 0 Å². The number of fused-ring (bicyclic) bond motifs is 3. The highest BCUT2D eigenvalue weighted by Gasteiger charge is 2.12. The molecule has 0 radical (unpaired) electrons. The first-order valence-corrected chi connectivity index (χ1v) is 5.64. The molecule has 0 atom stereocenters. The van der Waals surface area contributed by atoms with Gasteiger partial charge in [0, 0.05) is 19.0 Å². The molecule has 2 aromatic heterocycles. The Morgan fingerprint density at radius 3 is 2.88 bits per heavy atom.